The van der Waals surface area contributed by atoms with Crippen LogP contribution in [0.5, 0.6) is 0 Å². The number of pyridine rings is 1. The minimum atomic E-state index is 0.389. The van der Waals surface area contributed by atoms with Gasteiger partial charge in [0.05, 0.1) is 6.20 Å². The van der Waals surface area contributed by atoms with E-state index in [0.717, 1.165) is 11.2 Å². The van der Waals surface area contributed by atoms with Gasteiger partial charge >= 0.3 is 0 Å². The maximum atomic E-state index is 9.98. The predicted octanol–water partition coefficient (Wildman–Crippen LogP) is 1.61. The van der Waals surface area contributed by atoms with Gasteiger partial charge in [0.15, 0.2) is 5.82 Å². The van der Waals surface area contributed by atoms with E-state index in [1.54, 1.807) is 6.20 Å². The number of nitrogens with zero attached hydrogens (tertiary/aromatic N) is 3. The quantitative estimate of drug-likeness (QED) is 0.485. The zero-order valence-electron chi connectivity index (χ0n) is 7.06. The lowest BCUT2D eigenvalue weighted by molar-refractivity contribution is 0.565. The normalized spacial score (nSPS) is 9.92. The molecule has 0 aliphatic rings. The molecule has 0 bridgehead atoms. The van der Waals surface area contributed by atoms with E-state index in [1.165, 1.54) is 6.08 Å². The molecule has 2 heterocycles. The van der Waals surface area contributed by atoms with Gasteiger partial charge in [0, 0.05) is 6.20 Å². The van der Waals surface area contributed by atoms with Gasteiger partial charge in [-0.1, -0.05) is 6.07 Å². The summed E-state index contributed by atoms with van der Waals surface area (Å²) in [6.07, 6.45) is 5.07. The first kappa shape index (κ1) is 7.71. The van der Waals surface area contributed by atoms with Crippen molar-refractivity contribution in [3.63, 3.8) is 0 Å². The van der Waals surface area contributed by atoms with Crippen molar-refractivity contribution in [3.8, 4) is 0 Å². The number of hydrogen-bond donors (Lipinski definition) is 0. The van der Waals surface area contributed by atoms with Crippen molar-refractivity contribution in [2.45, 2.75) is 6.92 Å². The van der Waals surface area contributed by atoms with Crippen LogP contribution in [0, 0.1) is 6.92 Å². The Kier molecular flexibility index (Phi) is 1.69. The van der Waals surface area contributed by atoms with Gasteiger partial charge in [-0.05, 0) is 18.6 Å². The molecule has 2 aromatic rings. The average Bonchev–Trinajstić information content (AvgIpc) is 2.46. The second-order valence-electron chi connectivity index (χ2n) is 2.77. The maximum absolute atomic E-state index is 9.98. The number of fused-ring (bicyclic) bond motifs is 1. The summed E-state index contributed by atoms with van der Waals surface area (Å²) >= 11 is 0. The first-order valence-corrected chi connectivity index (χ1v) is 3.83. The van der Waals surface area contributed by atoms with Crippen molar-refractivity contribution in [1.82, 2.24) is 9.38 Å². The van der Waals surface area contributed by atoms with Gasteiger partial charge in [-0.2, -0.15) is 0 Å². The third-order valence-corrected chi connectivity index (χ3v) is 1.75. The second kappa shape index (κ2) is 2.84. The Labute approximate surface area is 74.6 Å². The van der Waals surface area contributed by atoms with E-state index in [1.807, 2.05) is 29.7 Å². The Morgan fingerprint density at radius 2 is 2.31 bits per heavy atom. The van der Waals surface area contributed by atoms with Gasteiger partial charge in [0.2, 0.25) is 6.08 Å². The largest absolute Gasteiger partial charge is 0.304 e. The van der Waals surface area contributed by atoms with Crippen LogP contribution in [0.2, 0.25) is 0 Å². The number of rotatable bonds is 1. The van der Waals surface area contributed by atoms with Crippen LogP contribution < -0.4 is 0 Å². The smallest absolute Gasteiger partial charge is 0.242 e. The number of aliphatic imine (C=N–C) groups is 1. The molecule has 2 aromatic heterocycles. The molecule has 0 aliphatic heterocycles. The molecule has 2 rings (SSSR count). The third-order valence-electron chi connectivity index (χ3n) is 1.75. The van der Waals surface area contributed by atoms with E-state index in [4.69, 9.17) is 0 Å². The molecule has 0 radical (unpaired) electrons. The van der Waals surface area contributed by atoms with Crippen LogP contribution in [0.4, 0.5) is 5.82 Å². The molecular formula is C9H7N3O. The van der Waals surface area contributed by atoms with Gasteiger partial charge in [-0.3, -0.25) is 0 Å². The minimum absolute atomic E-state index is 0.389. The molecule has 4 heteroatoms. The van der Waals surface area contributed by atoms with Crippen LogP contribution in [0.15, 0.2) is 29.5 Å². The van der Waals surface area contributed by atoms with Crippen LogP contribution >= 0.6 is 0 Å². The molecule has 0 N–H and O–H groups in total. The molecule has 0 saturated carbocycles. The van der Waals surface area contributed by atoms with E-state index in [0.29, 0.717) is 5.82 Å². The number of aryl methyl sites for hydroxylation is 1. The molecule has 0 spiro atoms. The molecule has 4 nitrogen and oxygen atoms in total. The van der Waals surface area contributed by atoms with Gasteiger partial charge in [-0.25, -0.2) is 9.78 Å². The molecule has 0 aliphatic carbocycles. The summed E-state index contributed by atoms with van der Waals surface area (Å²) in [5.74, 6) is 0.389. The molecule has 64 valence electrons. The molecule has 0 saturated heterocycles. The van der Waals surface area contributed by atoms with Crippen LogP contribution in [-0.4, -0.2) is 15.5 Å². The standard InChI is InChI=1S/C9H7N3O/c1-7-2-3-9-11-8(10-6-13)5-12(9)4-7/h2-5H,1H3. The zero-order chi connectivity index (χ0) is 9.26. The lowest BCUT2D eigenvalue weighted by Gasteiger charge is -1.92. The SMILES string of the molecule is Cc1ccc2nc(N=C=O)cn2c1. The van der Waals surface area contributed by atoms with Crippen LogP contribution in [0.1, 0.15) is 5.56 Å². The Morgan fingerprint density at radius 1 is 1.46 bits per heavy atom. The summed E-state index contributed by atoms with van der Waals surface area (Å²) in [6.45, 7) is 1.99. The van der Waals surface area contributed by atoms with Crippen LogP contribution in [0.25, 0.3) is 5.65 Å². The van der Waals surface area contributed by atoms with E-state index in [9.17, 15) is 4.79 Å². The zero-order valence-corrected chi connectivity index (χ0v) is 7.06. The summed E-state index contributed by atoms with van der Waals surface area (Å²) in [6, 6.07) is 3.83. The first-order valence-electron chi connectivity index (χ1n) is 3.83. The van der Waals surface area contributed by atoms with E-state index < -0.39 is 0 Å². The van der Waals surface area contributed by atoms with Gasteiger partial charge < -0.3 is 4.40 Å². The van der Waals surface area contributed by atoms with Crippen molar-refractivity contribution in [3.05, 3.63) is 30.1 Å². The van der Waals surface area contributed by atoms with Crippen LogP contribution in [-0.2, 0) is 4.79 Å². The summed E-state index contributed by atoms with van der Waals surface area (Å²) < 4.78 is 1.82. The fourth-order valence-electron chi connectivity index (χ4n) is 1.19. The van der Waals surface area contributed by atoms with E-state index in [-0.39, 0.29) is 0 Å². The molecule has 0 amide bonds. The number of hydrogen-bond acceptors (Lipinski definition) is 3. The molecule has 0 aromatic carbocycles. The number of isocyanates is 1. The fourth-order valence-corrected chi connectivity index (χ4v) is 1.19. The van der Waals surface area contributed by atoms with Gasteiger partial charge in [0.25, 0.3) is 0 Å². The van der Waals surface area contributed by atoms with Crippen molar-refractivity contribution in [2.24, 2.45) is 4.99 Å². The molecular weight excluding hydrogens is 166 g/mol. The number of carbonyl (C=O) groups excluding carboxylic acids is 1. The molecule has 0 fully saturated rings. The Hall–Kier alpha value is -1.93. The highest BCUT2D eigenvalue weighted by atomic mass is 16.1. The molecule has 0 atom stereocenters. The topological polar surface area (TPSA) is 46.7 Å². The van der Waals surface area contributed by atoms with Gasteiger partial charge in [0.1, 0.15) is 5.65 Å². The summed E-state index contributed by atoms with van der Waals surface area (Å²) in [4.78, 5) is 17.5. The number of aromatic nitrogens is 2. The Balaban J connectivity index is 2.68. The highest BCUT2D eigenvalue weighted by molar-refractivity contribution is 5.51. The Bertz CT molecular complexity index is 495. The minimum Gasteiger partial charge on any atom is -0.304 e. The highest BCUT2D eigenvalue weighted by Gasteiger charge is 1.98. The maximum Gasteiger partial charge on any atom is 0.242 e. The Morgan fingerprint density at radius 3 is 3.08 bits per heavy atom. The van der Waals surface area contributed by atoms with Crippen molar-refractivity contribution >= 4 is 17.5 Å². The number of imidazole rings is 1. The predicted molar refractivity (Wildman–Crippen MR) is 47.7 cm³/mol. The summed E-state index contributed by atoms with van der Waals surface area (Å²) in [7, 11) is 0. The summed E-state index contributed by atoms with van der Waals surface area (Å²) in [5.41, 5.74) is 1.91. The summed E-state index contributed by atoms with van der Waals surface area (Å²) in [5, 5.41) is 0. The molecule has 13 heavy (non-hydrogen) atoms. The lowest BCUT2D eigenvalue weighted by Crippen LogP contribution is -1.82. The van der Waals surface area contributed by atoms with E-state index in [2.05, 4.69) is 9.98 Å². The van der Waals surface area contributed by atoms with Crippen molar-refractivity contribution < 1.29 is 4.79 Å². The fraction of sp³-hybridized carbons (Fsp3) is 0.111. The first-order chi connectivity index (χ1) is 6.29. The monoisotopic (exact) mass is 173 g/mol. The third kappa shape index (κ3) is 1.35. The highest BCUT2D eigenvalue weighted by Crippen LogP contribution is 2.12. The van der Waals surface area contributed by atoms with Crippen LogP contribution in [0.3, 0.4) is 0 Å². The van der Waals surface area contributed by atoms with E-state index >= 15 is 0 Å². The second-order valence-corrected chi connectivity index (χ2v) is 2.77. The lowest BCUT2D eigenvalue weighted by atomic mass is 10.3. The average molecular weight is 173 g/mol. The van der Waals surface area contributed by atoms with Crippen molar-refractivity contribution in [1.29, 1.82) is 0 Å². The molecule has 0 unspecified atom stereocenters. The van der Waals surface area contributed by atoms with Crippen molar-refractivity contribution in [2.75, 3.05) is 0 Å². The van der Waals surface area contributed by atoms with Gasteiger partial charge in [-0.15, -0.1) is 4.99 Å².